The molecular formula is C25H34N4O4. The summed E-state index contributed by atoms with van der Waals surface area (Å²) in [7, 11) is 0. The highest BCUT2D eigenvalue weighted by atomic mass is 16.6. The Labute approximate surface area is 195 Å². The smallest absolute Gasteiger partial charge is 0.259 e. The molecule has 33 heavy (non-hydrogen) atoms. The summed E-state index contributed by atoms with van der Waals surface area (Å²) in [6.45, 7) is 3.94. The average Bonchev–Trinajstić information content (AvgIpc) is 2.83. The van der Waals surface area contributed by atoms with Crippen molar-refractivity contribution in [3.63, 3.8) is 0 Å². The van der Waals surface area contributed by atoms with Crippen LogP contribution in [-0.2, 0) is 6.54 Å². The second kappa shape index (κ2) is 13.5. The largest absolute Gasteiger partial charge is 0.494 e. The van der Waals surface area contributed by atoms with Crippen LogP contribution < -0.4 is 10.1 Å². The molecule has 0 bridgehead atoms. The first-order valence-corrected chi connectivity index (χ1v) is 11.7. The Kier molecular flexibility index (Phi) is 10.1. The van der Waals surface area contributed by atoms with Crippen LogP contribution in [0.15, 0.2) is 59.6 Å². The van der Waals surface area contributed by atoms with Crippen molar-refractivity contribution < 1.29 is 14.8 Å². The number of hydrogen-bond donors (Lipinski definition) is 2. The number of ether oxygens (including phenoxy) is 1. The number of nitro groups is 1. The molecule has 178 valence electrons. The van der Waals surface area contributed by atoms with Gasteiger partial charge in [-0.2, -0.15) is 0 Å². The molecular weight excluding hydrogens is 420 g/mol. The van der Waals surface area contributed by atoms with E-state index in [2.05, 4.69) is 27.3 Å². The maximum atomic E-state index is 11.0. The summed E-state index contributed by atoms with van der Waals surface area (Å²) >= 11 is 0. The van der Waals surface area contributed by atoms with Crippen molar-refractivity contribution >= 4 is 5.84 Å². The Bertz CT molecular complexity index is 885. The fourth-order valence-electron chi connectivity index (χ4n) is 3.87. The summed E-state index contributed by atoms with van der Waals surface area (Å²) in [6.07, 6.45) is 3.76. The van der Waals surface area contributed by atoms with Crippen LogP contribution in [0.2, 0.25) is 0 Å². The molecule has 8 heteroatoms. The molecule has 0 spiro atoms. The van der Waals surface area contributed by atoms with E-state index in [0.29, 0.717) is 19.6 Å². The number of likely N-dealkylation sites (tertiary alicyclic amines) is 1. The van der Waals surface area contributed by atoms with Gasteiger partial charge in [-0.25, -0.2) is 0 Å². The van der Waals surface area contributed by atoms with E-state index in [1.54, 1.807) is 12.1 Å². The molecule has 0 aromatic heterocycles. The minimum absolute atomic E-state index is 0.0699. The summed E-state index contributed by atoms with van der Waals surface area (Å²) in [5.41, 5.74) is 1.99. The number of aliphatic hydroxyl groups excluding tert-OH is 1. The second-order valence-corrected chi connectivity index (χ2v) is 8.32. The third-order valence-electron chi connectivity index (χ3n) is 5.59. The van der Waals surface area contributed by atoms with Crippen LogP contribution >= 0.6 is 0 Å². The topological polar surface area (TPSA) is 100 Å². The van der Waals surface area contributed by atoms with Gasteiger partial charge in [0.25, 0.3) is 6.54 Å². The SMILES string of the molecule is O=[N+]([O-])CC(=NCC(O)c1ccccc1)NCCCOc1cccc(CN2CCCCC2)c1. The van der Waals surface area contributed by atoms with Gasteiger partial charge in [0, 0.05) is 18.0 Å². The lowest BCUT2D eigenvalue weighted by Crippen LogP contribution is -2.32. The number of aliphatic hydroxyl groups is 1. The minimum Gasteiger partial charge on any atom is -0.494 e. The first kappa shape index (κ1) is 24.7. The van der Waals surface area contributed by atoms with Crippen molar-refractivity contribution in [2.24, 2.45) is 4.99 Å². The maximum Gasteiger partial charge on any atom is 0.259 e. The number of nitrogens with one attached hydrogen (secondary N) is 1. The quantitative estimate of drug-likeness (QED) is 0.168. The van der Waals surface area contributed by atoms with Gasteiger partial charge in [-0.1, -0.05) is 48.9 Å². The molecule has 2 N–H and O–H groups in total. The third-order valence-corrected chi connectivity index (χ3v) is 5.59. The van der Waals surface area contributed by atoms with Gasteiger partial charge in [-0.3, -0.25) is 20.0 Å². The van der Waals surface area contributed by atoms with E-state index in [0.717, 1.165) is 30.9 Å². The molecule has 0 amide bonds. The maximum absolute atomic E-state index is 11.0. The predicted octanol–water partition coefficient (Wildman–Crippen LogP) is 3.44. The lowest BCUT2D eigenvalue weighted by Gasteiger charge is -2.26. The van der Waals surface area contributed by atoms with Gasteiger partial charge in [0.1, 0.15) is 5.75 Å². The number of aliphatic imine (C=N–C) groups is 1. The van der Waals surface area contributed by atoms with E-state index in [1.165, 1.54) is 24.8 Å². The van der Waals surface area contributed by atoms with Gasteiger partial charge in [0.2, 0.25) is 0 Å². The molecule has 8 nitrogen and oxygen atoms in total. The molecule has 0 saturated carbocycles. The molecule has 1 saturated heterocycles. The molecule has 0 aliphatic carbocycles. The number of piperidine rings is 1. The van der Waals surface area contributed by atoms with Gasteiger partial charge in [0.15, 0.2) is 5.84 Å². The van der Waals surface area contributed by atoms with E-state index < -0.39 is 17.6 Å². The fourth-order valence-corrected chi connectivity index (χ4v) is 3.87. The first-order chi connectivity index (χ1) is 16.1. The predicted molar refractivity (Wildman–Crippen MR) is 129 cm³/mol. The zero-order chi connectivity index (χ0) is 23.3. The van der Waals surface area contributed by atoms with E-state index in [9.17, 15) is 15.2 Å². The van der Waals surface area contributed by atoms with Crippen molar-refractivity contribution in [1.82, 2.24) is 10.2 Å². The monoisotopic (exact) mass is 454 g/mol. The van der Waals surface area contributed by atoms with Gasteiger partial charge in [0.05, 0.1) is 19.3 Å². The normalized spacial score (nSPS) is 15.7. The van der Waals surface area contributed by atoms with E-state index in [4.69, 9.17) is 4.74 Å². The number of amidine groups is 1. The number of benzene rings is 2. The van der Waals surface area contributed by atoms with Crippen LogP contribution in [0.4, 0.5) is 0 Å². The van der Waals surface area contributed by atoms with Crippen molar-refractivity contribution in [2.45, 2.75) is 38.3 Å². The molecule has 2 aromatic rings. The van der Waals surface area contributed by atoms with Crippen molar-refractivity contribution in [1.29, 1.82) is 0 Å². The lowest BCUT2D eigenvalue weighted by molar-refractivity contribution is -0.463. The van der Waals surface area contributed by atoms with Gasteiger partial charge in [-0.05, 0) is 55.6 Å². The van der Waals surface area contributed by atoms with Crippen LogP contribution in [0, 0.1) is 10.1 Å². The van der Waals surface area contributed by atoms with Gasteiger partial charge >= 0.3 is 0 Å². The second-order valence-electron chi connectivity index (χ2n) is 8.32. The van der Waals surface area contributed by atoms with Crippen LogP contribution in [0.3, 0.4) is 0 Å². The van der Waals surface area contributed by atoms with Crippen LogP contribution in [-0.4, -0.2) is 60.1 Å². The Morgan fingerprint density at radius 2 is 1.94 bits per heavy atom. The summed E-state index contributed by atoms with van der Waals surface area (Å²) < 4.78 is 5.88. The molecule has 0 radical (unpaired) electrons. The Morgan fingerprint density at radius 1 is 1.15 bits per heavy atom. The number of nitrogens with zero attached hydrogens (tertiary/aromatic N) is 3. The Hall–Kier alpha value is -2.97. The Morgan fingerprint density at radius 3 is 2.70 bits per heavy atom. The Balaban J connectivity index is 1.41. The molecule has 1 heterocycles. The van der Waals surface area contributed by atoms with Crippen molar-refractivity contribution in [3.05, 3.63) is 75.8 Å². The molecule has 1 fully saturated rings. The highest BCUT2D eigenvalue weighted by molar-refractivity contribution is 5.83. The zero-order valence-electron chi connectivity index (χ0n) is 19.1. The number of rotatable bonds is 12. The highest BCUT2D eigenvalue weighted by Crippen LogP contribution is 2.18. The van der Waals surface area contributed by atoms with Crippen molar-refractivity contribution in [2.75, 3.05) is 39.3 Å². The van der Waals surface area contributed by atoms with Crippen molar-refractivity contribution in [3.8, 4) is 5.75 Å². The molecule has 1 atom stereocenters. The van der Waals surface area contributed by atoms with E-state index in [1.807, 2.05) is 30.3 Å². The summed E-state index contributed by atoms with van der Waals surface area (Å²) in [6, 6.07) is 17.3. The van der Waals surface area contributed by atoms with E-state index >= 15 is 0 Å². The molecule has 1 aliphatic heterocycles. The van der Waals surface area contributed by atoms with Gasteiger partial charge in [-0.15, -0.1) is 0 Å². The summed E-state index contributed by atoms with van der Waals surface area (Å²) in [4.78, 5) is 17.3. The summed E-state index contributed by atoms with van der Waals surface area (Å²) in [5.74, 6) is 1.10. The molecule has 1 aliphatic rings. The fraction of sp³-hybridized carbons (Fsp3) is 0.480. The minimum atomic E-state index is -0.796. The van der Waals surface area contributed by atoms with Crippen LogP contribution in [0.25, 0.3) is 0 Å². The van der Waals surface area contributed by atoms with Gasteiger partial charge < -0.3 is 15.2 Å². The third kappa shape index (κ3) is 9.19. The van der Waals surface area contributed by atoms with E-state index in [-0.39, 0.29) is 12.4 Å². The zero-order valence-corrected chi connectivity index (χ0v) is 19.1. The number of hydrogen-bond acceptors (Lipinski definition) is 6. The van der Waals surface area contributed by atoms with Crippen LogP contribution in [0.5, 0.6) is 5.75 Å². The lowest BCUT2D eigenvalue weighted by atomic mass is 10.1. The average molecular weight is 455 g/mol. The molecule has 3 rings (SSSR count). The molecule has 1 unspecified atom stereocenters. The molecule has 2 aromatic carbocycles. The van der Waals surface area contributed by atoms with Crippen LogP contribution in [0.1, 0.15) is 42.9 Å². The summed E-state index contributed by atoms with van der Waals surface area (Å²) in [5, 5.41) is 24.2. The first-order valence-electron chi connectivity index (χ1n) is 11.7. The highest BCUT2D eigenvalue weighted by Gasteiger charge is 2.12. The standard InChI is InChI=1S/C25H34N4O4/c30-24(22-10-3-1-4-11-22)18-27-25(20-29(31)32)26-13-8-16-33-23-12-7-9-21(17-23)19-28-14-5-2-6-15-28/h1,3-4,7,9-12,17,24,30H,2,5-6,8,13-16,18-20H2,(H,26,27).